The van der Waals surface area contributed by atoms with Crippen molar-refractivity contribution in [1.82, 2.24) is 9.62 Å². The van der Waals surface area contributed by atoms with Gasteiger partial charge in [0.25, 0.3) is 5.91 Å². The number of nitrogens with two attached hydrogens (primary N) is 1. The van der Waals surface area contributed by atoms with Crippen LogP contribution in [-0.2, 0) is 16.0 Å². The summed E-state index contributed by atoms with van der Waals surface area (Å²) >= 11 is 0.947. The molecule has 2 heterocycles. The second-order valence-corrected chi connectivity index (χ2v) is 10.7. The molecular formula is C28H35F3N4O2S. The van der Waals surface area contributed by atoms with E-state index in [1.54, 1.807) is 6.92 Å². The predicted octanol–water partition coefficient (Wildman–Crippen LogP) is 5.55. The number of nitrogens with zero attached hydrogens (tertiary/aromatic N) is 2. The maximum Gasteiger partial charge on any atom is 0.262 e. The van der Waals surface area contributed by atoms with E-state index in [1.165, 1.54) is 29.8 Å². The van der Waals surface area contributed by atoms with Gasteiger partial charge >= 0.3 is 0 Å². The summed E-state index contributed by atoms with van der Waals surface area (Å²) in [5.74, 6) is -1.11. The summed E-state index contributed by atoms with van der Waals surface area (Å²) in [5.41, 5.74) is 5.65. The minimum Gasteiger partial charge on any atom is -0.395 e. The highest BCUT2D eigenvalue weighted by atomic mass is 32.2. The molecule has 0 saturated carbocycles. The van der Waals surface area contributed by atoms with Crippen molar-refractivity contribution in [2.45, 2.75) is 68.5 Å². The highest BCUT2D eigenvalue weighted by Gasteiger charge is 2.36. The van der Waals surface area contributed by atoms with Crippen molar-refractivity contribution in [2.24, 2.45) is 0 Å². The number of rotatable bonds is 9. The molecule has 2 fully saturated rings. The van der Waals surface area contributed by atoms with Crippen LogP contribution in [0.15, 0.2) is 41.3 Å². The van der Waals surface area contributed by atoms with Crippen LogP contribution in [0.2, 0.25) is 0 Å². The molecule has 1 amide bonds. The molecule has 0 aromatic heterocycles. The van der Waals surface area contributed by atoms with Crippen molar-refractivity contribution in [2.75, 3.05) is 32.0 Å². The Balaban J connectivity index is 0.000000215. The first-order valence-corrected chi connectivity index (χ1v) is 13.7. The van der Waals surface area contributed by atoms with Crippen LogP contribution in [0.5, 0.6) is 0 Å². The van der Waals surface area contributed by atoms with E-state index >= 15 is 0 Å². The molecule has 3 N–H and O–H groups in total. The molecule has 0 bridgehead atoms. The van der Waals surface area contributed by atoms with Crippen molar-refractivity contribution in [3.63, 3.8) is 0 Å². The Bertz CT molecular complexity index is 1100. The molecule has 2 saturated heterocycles. The van der Waals surface area contributed by atoms with Crippen LogP contribution in [0.4, 0.5) is 18.9 Å². The van der Waals surface area contributed by atoms with Gasteiger partial charge in [-0.2, -0.15) is 5.26 Å². The topological polar surface area (TPSA) is 91.4 Å². The van der Waals surface area contributed by atoms with E-state index in [9.17, 15) is 18.0 Å². The number of nitriles is 1. The zero-order valence-corrected chi connectivity index (χ0v) is 22.5. The van der Waals surface area contributed by atoms with Crippen molar-refractivity contribution in [3.8, 4) is 6.07 Å². The van der Waals surface area contributed by atoms with Crippen LogP contribution in [0.25, 0.3) is 0 Å². The van der Waals surface area contributed by atoms with Gasteiger partial charge in [0.1, 0.15) is 29.5 Å². The number of unbranched alkanes of at least 4 members (excludes halogenated alkanes) is 2. The number of carbonyl (C=O) groups excluding carboxylic acids is 1. The summed E-state index contributed by atoms with van der Waals surface area (Å²) in [7, 11) is 0. The van der Waals surface area contributed by atoms with Crippen LogP contribution in [-0.4, -0.2) is 48.8 Å². The van der Waals surface area contributed by atoms with E-state index in [4.69, 9.17) is 15.7 Å². The van der Waals surface area contributed by atoms with E-state index in [0.29, 0.717) is 31.0 Å². The Morgan fingerprint density at radius 1 is 1.21 bits per heavy atom. The van der Waals surface area contributed by atoms with Crippen molar-refractivity contribution in [1.29, 1.82) is 5.26 Å². The Morgan fingerprint density at radius 2 is 1.95 bits per heavy atom. The number of carbonyl (C=O) groups is 1. The number of nitrogens with one attached hydrogen (secondary N) is 1. The van der Waals surface area contributed by atoms with Crippen molar-refractivity contribution < 1.29 is 22.7 Å². The summed E-state index contributed by atoms with van der Waals surface area (Å²) in [6.07, 6.45) is 6.37. The number of benzene rings is 2. The molecular weight excluding hydrogens is 513 g/mol. The molecule has 4 rings (SSSR count). The monoisotopic (exact) mass is 548 g/mol. The number of halogens is 3. The third-order valence-corrected chi connectivity index (χ3v) is 7.46. The first-order valence-electron chi connectivity index (χ1n) is 12.9. The first kappa shape index (κ1) is 29.8. The average molecular weight is 549 g/mol. The lowest BCUT2D eigenvalue weighted by Crippen LogP contribution is -2.48. The van der Waals surface area contributed by atoms with Gasteiger partial charge in [0.05, 0.1) is 11.3 Å². The molecule has 206 valence electrons. The number of likely N-dealkylation sites (tertiary alicyclic amines) is 1. The van der Waals surface area contributed by atoms with Crippen LogP contribution < -0.4 is 10.5 Å². The first-order chi connectivity index (χ1) is 18.2. The molecule has 2 aromatic rings. The number of nitrogen functional groups attached to an aromatic ring is 1. The summed E-state index contributed by atoms with van der Waals surface area (Å²) in [5, 5.41) is 8.88. The molecule has 6 nitrogen and oxygen atoms in total. The number of aryl methyl sites for hydroxylation is 1. The van der Waals surface area contributed by atoms with Crippen LogP contribution in [0.1, 0.15) is 56.6 Å². The number of ether oxygens (including phenoxy) is 1. The van der Waals surface area contributed by atoms with E-state index in [2.05, 4.69) is 9.62 Å². The SMILES string of the molecule is CC1(C(=O)NSc2cc(F)c(N)c(C#N)c2)CCCCO1.Fc1ccc(CCCCCN2CC(F)C2)cc1. The van der Waals surface area contributed by atoms with Gasteiger partial charge in [0.2, 0.25) is 0 Å². The van der Waals surface area contributed by atoms with Gasteiger partial charge in [-0.3, -0.25) is 14.4 Å². The summed E-state index contributed by atoms with van der Waals surface area (Å²) in [6, 6.07) is 11.2. The van der Waals surface area contributed by atoms with Crippen molar-refractivity contribution >= 4 is 23.5 Å². The summed E-state index contributed by atoms with van der Waals surface area (Å²) < 4.78 is 46.9. The zero-order valence-electron chi connectivity index (χ0n) is 21.7. The number of anilines is 1. The normalized spacial score (nSPS) is 19.6. The molecule has 0 spiro atoms. The number of amides is 1. The fourth-order valence-corrected chi connectivity index (χ4v) is 5.02. The van der Waals surface area contributed by atoms with Gasteiger partial charge in [-0.1, -0.05) is 18.6 Å². The predicted molar refractivity (Wildman–Crippen MR) is 143 cm³/mol. The molecule has 2 aromatic carbocycles. The summed E-state index contributed by atoms with van der Waals surface area (Å²) in [4.78, 5) is 14.7. The Morgan fingerprint density at radius 3 is 2.58 bits per heavy atom. The average Bonchev–Trinajstić information content (AvgIpc) is 2.89. The van der Waals surface area contributed by atoms with Gasteiger partial charge in [-0.15, -0.1) is 0 Å². The zero-order chi connectivity index (χ0) is 27.5. The number of hydrogen-bond donors (Lipinski definition) is 2. The van der Waals surface area contributed by atoms with Gasteiger partial charge in [-0.25, -0.2) is 13.2 Å². The number of hydrogen-bond acceptors (Lipinski definition) is 6. The fourth-order valence-electron chi connectivity index (χ4n) is 4.25. The van der Waals surface area contributed by atoms with E-state index < -0.39 is 17.6 Å². The van der Waals surface area contributed by atoms with Crippen LogP contribution in [0, 0.1) is 23.0 Å². The van der Waals surface area contributed by atoms with Gasteiger partial charge in [0, 0.05) is 24.6 Å². The number of alkyl halides is 1. The highest BCUT2D eigenvalue weighted by molar-refractivity contribution is 7.98. The second kappa shape index (κ2) is 14.4. The third kappa shape index (κ3) is 8.93. The second-order valence-electron chi connectivity index (χ2n) is 9.84. The maximum atomic E-state index is 13.6. The lowest BCUT2D eigenvalue weighted by Gasteiger charge is -2.34. The Labute approximate surface area is 226 Å². The van der Waals surface area contributed by atoms with E-state index in [-0.39, 0.29) is 23.0 Å². The maximum absolute atomic E-state index is 13.6. The highest BCUT2D eigenvalue weighted by Crippen LogP contribution is 2.28. The molecule has 1 atom stereocenters. The Hall–Kier alpha value is -2.74. The molecule has 2 aliphatic rings. The molecule has 2 aliphatic heterocycles. The van der Waals surface area contributed by atoms with E-state index in [1.807, 2.05) is 18.2 Å². The quantitative estimate of drug-likeness (QED) is 0.242. The third-order valence-electron chi connectivity index (χ3n) is 6.70. The molecule has 0 radical (unpaired) electrons. The smallest absolute Gasteiger partial charge is 0.262 e. The molecule has 38 heavy (non-hydrogen) atoms. The van der Waals surface area contributed by atoms with Gasteiger partial charge < -0.3 is 10.5 Å². The minimum atomic E-state index is -0.852. The molecule has 1 unspecified atom stereocenters. The van der Waals surface area contributed by atoms with Crippen LogP contribution >= 0.6 is 11.9 Å². The summed E-state index contributed by atoms with van der Waals surface area (Å²) in [6.45, 7) is 4.57. The van der Waals surface area contributed by atoms with E-state index in [0.717, 1.165) is 57.0 Å². The minimum absolute atomic E-state index is 0.0480. The van der Waals surface area contributed by atoms with Gasteiger partial charge in [0.15, 0.2) is 0 Å². The van der Waals surface area contributed by atoms with Gasteiger partial charge in [-0.05, 0) is 93.8 Å². The lowest BCUT2D eigenvalue weighted by atomic mass is 9.95. The molecule has 0 aliphatic carbocycles. The van der Waals surface area contributed by atoms with Crippen molar-refractivity contribution in [3.05, 3.63) is 59.2 Å². The van der Waals surface area contributed by atoms with Crippen LogP contribution in [0.3, 0.4) is 0 Å². The fraction of sp³-hybridized carbons (Fsp3) is 0.500. The standard InChI is InChI=1S/C14H19F2N.C14H16FN3O2S/c15-13-7-5-12(6-8-13)4-2-1-3-9-17-10-14(16)11-17;1-14(4-2-3-5-20-14)13(19)18-21-10-6-9(8-16)12(17)11(15)7-10/h5-8,14H,1-4,9-11H2;6-7H,2-5,17H2,1H3,(H,18,19). The molecule has 10 heteroatoms. The lowest BCUT2D eigenvalue weighted by molar-refractivity contribution is -0.148. The largest absolute Gasteiger partial charge is 0.395 e. The Kier molecular flexibility index (Phi) is 11.3.